The van der Waals surface area contributed by atoms with Gasteiger partial charge in [-0.3, -0.25) is 0 Å². The van der Waals surface area contributed by atoms with Gasteiger partial charge in [-0.2, -0.15) is 0 Å². The van der Waals surface area contributed by atoms with E-state index >= 15 is 0 Å². The summed E-state index contributed by atoms with van der Waals surface area (Å²) in [6.45, 7) is 0. The van der Waals surface area contributed by atoms with Gasteiger partial charge in [-0.15, -0.1) is 0 Å². The van der Waals surface area contributed by atoms with Crippen molar-refractivity contribution < 1.29 is 6.40 Å². The number of rotatable bonds is 1. The summed E-state index contributed by atoms with van der Waals surface area (Å²) < 4.78 is 19.7. The van der Waals surface area contributed by atoms with Gasteiger partial charge in [0.25, 0.3) is 0 Å². The molecule has 0 aliphatic carbocycles. The Bertz CT molecular complexity index is 208. The fraction of sp³-hybridized carbons (Fsp3) is 0. The summed E-state index contributed by atoms with van der Waals surface area (Å²) in [5, 5.41) is 0. The van der Waals surface area contributed by atoms with Crippen LogP contribution in [0.4, 0.5) is 0 Å². The zero-order valence-electron chi connectivity index (χ0n) is 4.69. The van der Waals surface area contributed by atoms with E-state index in [1.807, 2.05) is 6.07 Å². The van der Waals surface area contributed by atoms with Crippen molar-refractivity contribution in [3.05, 3.63) is 30.3 Å². The molecule has 0 unspecified atom stereocenters. The molecule has 2 nitrogen and oxygen atoms in total. The summed E-state index contributed by atoms with van der Waals surface area (Å²) in [7, 11) is 0. The summed E-state index contributed by atoms with van der Waals surface area (Å²) in [5.41, 5.74) is 0. The predicted octanol–water partition coefficient (Wildman–Crippen LogP) is -0.195. The van der Waals surface area contributed by atoms with Gasteiger partial charge in [0.2, 0.25) is 0 Å². The molecular formula is C6H6O2Sb. The number of benzene rings is 1. The van der Waals surface area contributed by atoms with E-state index in [-0.39, 0.29) is 0 Å². The maximum absolute atomic E-state index is 10.5. The van der Waals surface area contributed by atoms with Crippen LogP contribution in [0.25, 0.3) is 0 Å². The molecule has 1 aromatic carbocycles. The first-order chi connectivity index (χ1) is 4.30. The Kier molecular flexibility index (Phi) is 2.37. The first-order valence-electron chi connectivity index (χ1n) is 2.52. The van der Waals surface area contributed by atoms with Crippen molar-refractivity contribution in [1.29, 1.82) is 0 Å². The van der Waals surface area contributed by atoms with Crippen LogP contribution >= 0.6 is 0 Å². The van der Waals surface area contributed by atoms with Gasteiger partial charge in [0.15, 0.2) is 0 Å². The van der Waals surface area contributed by atoms with Crippen LogP contribution in [0.15, 0.2) is 30.3 Å². The fourth-order valence-corrected chi connectivity index (χ4v) is 1.77. The third-order valence-electron chi connectivity index (χ3n) is 0.977. The zero-order valence-corrected chi connectivity index (χ0v) is 7.24. The molecule has 0 amide bonds. The second-order valence-corrected chi connectivity index (χ2v) is 4.64. The Labute approximate surface area is 61.0 Å². The summed E-state index contributed by atoms with van der Waals surface area (Å²) in [5.74, 6) is 0. The summed E-state index contributed by atoms with van der Waals surface area (Å²) in [6, 6.07) is 8.71. The molecule has 0 bridgehead atoms. The van der Waals surface area contributed by atoms with Crippen LogP contribution in [0.5, 0.6) is 0 Å². The normalized spacial score (nSPS) is 9.00. The number of hydrogen-bond acceptors (Lipinski definition) is 1. The summed E-state index contributed by atoms with van der Waals surface area (Å²) >= 11 is -3.16. The van der Waals surface area contributed by atoms with Gasteiger partial charge in [0.05, 0.1) is 0 Å². The Balaban J connectivity index is 2.98. The molecule has 0 saturated carbocycles. The Hall–Kier alpha value is -0.202. The van der Waals surface area contributed by atoms with E-state index in [9.17, 15) is 3.02 Å². The van der Waals surface area contributed by atoms with Crippen LogP contribution in [0, 0.1) is 0 Å². The second-order valence-electron chi connectivity index (χ2n) is 1.61. The van der Waals surface area contributed by atoms with Gasteiger partial charge in [-0.25, -0.2) is 0 Å². The monoisotopic (exact) mass is 231 g/mol. The molecule has 0 aliphatic rings. The second kappa shape index (κ2) is 3.09. The van der Waals surface area contributed by atoms with Crippen molar-refractivity contribution in [2.45, 2.75) is 0 Å². The van der Waals surface area contributed by atoms with Gasteiger partial charge in [-0.1, -0.05) is 0 Å². The van der Waals surface area contributed by atoms with Gasteiger partial charge < -0.3 is 0 Å². The van der Waals surface area contributed by atoms with Crippen LogP contribution in [0.2, 0.25) is 0 Å². The standard InChI is InChI=1S/C6H5.H2O.O.Sb/c1-2-4-6-5-3-1;;;/h1-5H;1H2;;/q;;;+1/p-1. The molecular weight excluding hydrogens is 226 g/mol. The minimum absolute atomic E-state index is 0.598. The molecule has 9 heavy (non-hydrogen) atoms. The van der Waals surface area contributed by atoms with Crippen LogP contribution in [0.1, 0.15) is 0 Å². The summed E-state index contributed by atoms with van der Waals surface area (Å²) in [4.78, 5) is 0. The van der Waals surface area contributed by atoms with E-state index in [0.717, 1.165) is 0 Å². The van der Waals surface area contributed by atoms with Gasteiger partial charge in [0.1, 0.15) is 0 Å². The van der Waals surface area contributed by atoms with Crippen molar-refractivity contribution in [3.8, 4) is 0 Å². The van der Waals surface area contributed by atoms with Gasteiger partial charge in [-0.05, 0) is 0 Å². The van der Waals surface area contributed by atoms with Crippen molar-refractivity contribution in [2.75, 3.05) is 0 Å². The zero-order chi connectivity index (χ0) is 6.69. The van der Waals surface area contributed by atoms with Crippen LogP contribution in [-0.4, -0.2) is 24.0 Å². The van der Waals surface area contributed by atoms with E-state index in [4.69, 9.17) is 3.39 Å². The first-order valence-corrected chi connectivity index (χ1v) is 5.98. The molecule has 0 aliphatic heterocycles. The van der Waals surface area contributed by atoms with Gasteiger partial charge in [0, 0.05) is 0 Å². The molecule has 0 saturated heterocycles. The fourth-order valence-electron chi connectivity index (χ4n) is 0.556. The molecule has 0 atom stereocenters. The van der Waals surface area contributed by atoms with Crippen molar-refractivity contribution in [3.63, 3.8) is 0 Å². The average molecular weight is 232 g/mol. The number of hydrogen-bond donors (Lipinski definition) is 1. The van der Waals surface area contributed by atoms with Crippen molar-refractivity contribution >= 4 is 24.1 Å². The first kappa shape index (κ1) is 6.91. The molecule has 1 N–H and O–H groups in total. The maximum atomic E-state index is 10.5. The van der Waals surface area contributed by atoms with Crippen LogP contribution in [0.3, 0.4) is 0 Å². The quantitative estimate of drug-likeness (QED) is 0.681. The summed E-state index contributed by atoms with van der Waals surface area (Å²) in [6.07, 6.45) is 0. The van der Waals surface area contributed by atoms with E-state index in [0.29, 0.717) is 3.51 Å². The predicted molar refractivity (Wildman–Crippen MR) is 34.7 cm³/mol. The van der Waals surface area contributed by atoms with Crippen LogP contribution < -0.4 is 3.51 Å². The average Bonchev–Trinajstić information content (AvgIpc) is 1.90. The molecule has 0 spiro atoms. The molecule has 1 aromatic rings. The molecule has 0 aromatic heterocycles. The molecule has 3 heteroatoms. The Morgan fingerprint density at radius 1 is 1.22 bits per heavy atom. The van der Waals surface area contributed by atoms with Gasteiger partial charge >= 0.3 is 60.9 Å². The third kappa shape index (κ3) is 1.88. The van der Waals surface area contributed by atoms with Crippen LogP contribution in [-0.2, 0) is 3.02 Å². The van der Waals surface area contributed by atoms with Crippen molar-refractivity contribution in [1.82, 2.24) is 0 Å². The molecule has 47 valence electrons. The van der Waals surface area contributed by atoms with E-state index < -0.39 is 20.6 Å². The Morgan fingerprint density at radius 3 is 2.11 bits per heavy atom. The molecule has 1 rings (SSSR count). The van der Waals surface area contributed by atoms with E-state index in [1.54, 1.807) is 24.3 Å². The minimum atomic E-state index is -3.16. The van der Waals surface area contributed by atoms with Crippen molar-refractivity contribution in [2.24, 2.45) is 0 Å². The SMILES string of the molecule is [O]=[Sb]([OH])[c]1ccccc1. The van der Waals surface area contributed by atoms with E-state index in [2.05, 4.69) is 0 Å². The molecule has 0 heterocycles. The molecule has 1 radical (unpaired) electrons. The topological polar surface area (TPSA) is 37.3 Å². The third-order valence-corrected chi connectivity index (χ3v) is 3.09. The molecule has 0 fully saturated rings. The Morgan fingerprint density at radius 2 is 1.78 bits per heavy atom. The van der Waals surface area contributed by atoms with E-state index in [1.165, 1.54) is 0 Å².